The Bertz CT molecular complexity index is 587. The van der Waals surface area contributed by atoms with E-state index in [4.69, 9.17) is 16.7 Å². The fourth-order valence-corrected chi connectivity index (χ4v) is 3.82. The van der Waals surface area contributed by atoms with Gasteiger partial charge in [-0.1, -0.05) is 17.7 Å². The summed E-state index contributed by atoms with van der Waals surface area (Å²) in [5.74, 6) is -1.34. The highest BCUT2D eigenvalue weighted by Gasteiger charge is 2.32. The van der Waals surface area contributed by atoms with Crippen molar-refractivity contribution < 1.29 is 18.3 Å². The zero-order valence-corrected chi connectivity index (χ0v) is 11.6. The van der Waals surface area contributed by atoms with Crippen LogP contribution in [-0.4, -0.2) is 25.5 Å². The van der Waals surface area contributed by atoms with E-state index in [-0.39, 0.29) is 10.9 Å². The maximum absolute atomic E-state index is 12.1. The molecule has 2 unspecified atom stereocenters. The van der Waals surface area contributed by atoms with Crippen LogP contribution in [0.3, 0.4) is 0 Å². The largest absolute Gasteiger partial charge is 0.481 e. The van der Waals surface area contributed by atoms with Crippen LogP contribution in [0.2, 0.25) is 5.02 Å². The van der Waals surface area contributed by atoms with Crippen LogP contribution in [0, 0.1) is 5.92 Å². The molecular formula is C12H14ClNO4S. The van der Waals surface area contributed by atoms with Crippen molar-refractivity contribution in [3.05, 3.63) is 29.3 Å². The number of hydrogen-bond donors (Lipinski definition) is 2. The minimum Gasteiger partial charge on any atom is -0.481 e. The Labute approximate surface area is 116 Å². The van der Waals surface area contributed by atoms with E-state index in [1.165, 1.54) is 12.1 Å². The van der Waals surface area contributed by atoms with Gasteiger partial charge in [0, 0.05) is 11.1 Å². The third-order valence-corrected chi connectivity index (χ3v) is 4.96. The molecule has 5 nitrogen and oxygen atoms in total. The summed E-state index contributed by atoms with van der Waals surface area (Å²) in [5, 5.41) is 9.23. The van der Waals surface area contributed by atoms with Gasteiger partial charge in [0.15, 0.2) is 0 Å². The minimum absolute atomic E-state index is 0.0961. The average Bonchev–Trinajstić information content (AvgIpc) is 2.77. The van der Waals surface area contributed by atoms with Gasteiger partial charge < -0.3 is 5.11 Å². The Morgan fingerprint density at radius 1 is 1.37 bits per heavy atom. The number of aliphatic carboxylic acids is 1. The standard InChI is InChI=1S/C12H14ClNO4S/c13-9-2-1-3-11(7-9)19(17,18)14-10-5-4-8(6-10)12(15)16/h1-3,7-8,10,14H,4-6H2,(H,15,16). The second-order valence-electron chi connectivity index (χ2n) is 4.62. The zero-order chi connectivity index (χ0) is 14.0. The molecule has 0 spiro atoms. The van der Waals surface area contributed by atoms with Gasteiger partial charge in [0.1, 0.15) is 0 Å². The van der Waals surface area contributed by atoms with Crippen molar-refractivity contribution in [3.63, 3.8) is 0 Å². The quantitative estimate of drug-likeness (QED) is 0.889. The Kier molecular flexibility index (Phi) is 4.13. The first-order chi connectivity index (χ1) is 8.88. The van der Waals surface area contributed by atoms with Gasteiger partial charge in [-0.05, 0) is 37.5 Å². The molecule has 1 saturated carbocycles. The molecule has 104 valence electrons. The molecule has 0 aliphatic heterocycles. The van der Waals surface area contributed by atoms with E-state index in [9.17, 15) is 13.2 Å². The smallest absolute Gasteiger partial charge is 0.306 e. The van der Waals surface area contributed by atoms with Crippen molar-refractivity contribution in [2.24, 2.45) is 5.92 Å². The second kappa shape index (κ2) is 5.48. The molecule has 1 fully saturated rings. The number of hydrogen-bond acceptors (Lipinski definition) is 3. The fourth-order valence-electron chi connectivity index (χ4n) is 2.23. The third-order valence-electron chi connectivity index (χ3n) is 3.21. The predicted molar refractivity (Wildman–Crippen MR) is 70.5 cm³/mol. The van der Waals surface area contributed by atoms with E-state index in [0.29, 0.717) is 24.3 Å². The highest BCUT2D eigenvalue weighted by Crippen LogP contribution is 2.27. The summed E-state index contributed by atoms with van der Waals surface area (Å²) in [4.78, 5) is 10.9. The lowest BCUT2D eigenvalue weighted by Gasteiger charge is -2.13. The molecule has 0 aromatic heterocycles. The van der Waals surface area contributed by atoms with Gasteiger partial charge in [0.2, 0.25) is 10.0 Å². The van der Waals surface area contributed by atoms with Crippen molar-refractivity contribution in [3.8, 4) is 0 Å². The van der Waals surface area contributed by atoms with Gasteiger partial charge in [-0.3, -0.25) is 4.79 Å². The summed E-state index contributed by atoms with van der Waals surface area (Å²) in [7, 11) is -3.64. The van der Waals surface area contributed by atoms with E-state index in [0.717, 1.165) is 0 Å². The molecule has 0 bridgehead atoms. The number of nitrogens with one attached hydrogen (secondary N) is 1. The van der Waals surface area contributed by atoms with E-state index in [2.05, 4.69) is 4.72 Å². The molecule has 1 aliphatic rings. The number of rotatable bonds is 4. The lowest BCUT2D eigenvalue weighted by atomic mass is 10.1. The number of carboxylic acid groups (broad SMARTS) is 1. The lowest BCUT2D eigenvalue weighted by molar-refractivity contribution is -0.141. The molecule has 0 heterocycles. The molecule has 0 radical (unpaired) electrons. The summed E-state index contributed by atoms with van der Waals surface area (Å²) in [6.07, 6.45) is 1.37. The molecule has 0 saturated heterocycles. The van der Waals surface area contributed by atoms with Gasteiger partial charge in [0.05, 0.1) is 10.8 Å². The Balaban J connectivity index is 2.09. The van der Waals surface area contributed by atoms with Gasteiger partial charge in [-0.2, -0.15) is 0 Å². The van der Waals surface area contributed by atoms with Gasteiger partial charge >= 0.3 is 5.97 Å². The van der Waals surface area contributed by atoms with E-state index < -0.39 is 21.9 Å². The van der Waals surface area contributed by atoms with Crippen LogP contribution in [0.5, 0.6) is 0 Å². The van der Waals surface area contributed by atoms with Gasteiger partial charge in [-0.15, -0.1) is 0 Å². The molecule has 1 aromatic rings. The molecule has 1 aromatic carbocycles. The van der Waals surface area contributed by atoms with Gasteiger partial charge in [0.25, 0.3) is 0 Å². The minimum atomic E-state index is -3.64. The fraction of sp³-hybridized carbons (Fsp3) is 0.417. The second-order valence-corrected chi connectivity index (χ2v) is 6.77. The third kappa shape index (κ3) is 3.46. The maximum Gasteiger partial charge on any atom is 0.306 e. The van der Waals surface area contributed by atoms with Crippen molar-refractivity contribution >= 4 is 27.6 Å². The summed E-state index contributed by atoms with van der Waals surface area (Å²) in [5.41, 5.74) is 0. The van der Waals surface area contributed by atoms with Crippen LogP contribution >= 0.6 is 11.6 Å². The summed E-state index contributed by atoms with van der Waals surface area (Å²) >= 11 is 5.76. The lowest BCUT2D eigenvalue weighted by Crippen LogP contribution is -2.33. The molecule has 1 aliphatic carbocycles. The van der Waals surface area contributed by atoms with Crippen molar-refractivity contribution in [1.29, 1.82) is 0 Å². The number of benzene rings is 1. The number of sulfonamides is 1. The monoisotopic (exact) mass is 303 g/mol. The van der Waals surface area contributed by atoms with Crippen LogP contribution in [0.25, 0.3) is 0 Å². The van der Waals surface area contributed by atoms with Crippen LogP contribution in [0.1, 0.15) is 19.3 Å². The molecule has 2 atom stereocenters. The Hall–Kier alpha value is -1.11. The first-order valence-corrected chi connectivity index (χ1v) is 7.75. The number of halogens is 1. The summed E-state index contributed by atoms with van der Waals surface area (Å²) in [6, 6.07) is 5.65. The molecule has 2 N–H and O–H groups in total. The van der Waals surface area contributed by atoms with Crippen LogP contribution in [0.4, 0.5) is 0 Å². The molecular weight excluding hydrogens is 290 g/mol. The summed E-state index contributed by atoms with van der Waals surface area (Å²) < 4.78 is 26.7. The van der Waals surface area contributed by atoms with Crippen LogP contribution < -0.4 is 4.72 Å². The topological polar surface area (TPSA) is 83.5 Å². The Morgan fingerprint density at radius 2 is 2.11 bits per heavy atom. The molecule has 7 heteroatoms. The van der Waals surface area contributed by atoms with Crippen molar-refractivity contribution in [2.45, 2.75) is 30.2 Å². The highest BCUT2D eigenvalue weighted by molar-refractivity contribution is 7.89. The van der Waals surface area contributed by atoms with Crippen molar-refractivity contribution in [1.82, 2.24) is 4.72 Å². The first-order valence-electron chi connectivity index (χ1n) is 5.89. The van der Waals surface area contributed by atoms with Crippen LogP contribution in [-0.2, 0) is 14.8 Å². The Morgan fingerprint density at radius 3 is 2.68 bits per heavy atom. The normalized spacial score (nSPS) is 23.4. The molecule has 0 amide bonds. The van der Waals surface area contributed by atoms with Crippen molar-refractivity contribution in [2.75, 3.05) is 0 Å². The SMILES string of the molecule is O=C(O)C1CCC(NS(=O)(=O)c2cccc(Cl)c2)C1. The van der Waals surface area contributed by atoms with E-state index in [1.54, 1.807) is 12.1 Å². The number of carboxylic acids is 1. The molecule has 19 heavy (non-hydrogen) atoms. The first kappa shape index (κ1) is 14.3. The van der Waals surface area contributed by atoms with E-state index >= 15 is 0 Å². The highest BCUT2D eigenvalue weighted by atomic mass is 35.5. The summed E-state index contributed by atoms with van der Waals surface area (Å²) in [6.45, 7) is 0. The predicted octanol–water partition coefficient (Wildman–Crippen LogP) is 1.87. The van der Waals surface area contributed by atoms with E-state index in [1.807, 2.05) is 0 Å². The van der Waals surface area contributed by atoms with Gasteiger partial charge in [-0.25, -0.2) is 13.1 Å². The zero-order valence-electron chi connectivity index (χ0n) is 10.0. The average molecular weight is 304 g/mol. The molecule has 2 rings (SSSR count). The van der Waals surface area contributed by atoms with Crippen LogP contribution in [0.15, 0.2) is 29.2 Å². The number of carbonyl (C=O) groups is 1. The maximum atomic E-state index is 12.1.